The van der Waals surface area contributed by atoms with Gasteiger partial charge in [-0.15, -0.1) is 0 Å². The Morgan fingerprint density at radius 1 is 0.394 bits per heavy atom. The molecule has 0 amide bonds. The predicted molar refractivity (Wildman–Crippen MR) is 279 cm³/mol. The summed E-state index contributed by atoms with van der Waals surface area (Å²) in [7, 11) is 0. The van der Waals surface area contributed by atoms with Gasteiger partial charge in [-0.1, -0.05) is 212 Å². The fraction of sp³-hybridized carbons (Fsp3) is 0.0312. The van der Waals surface area contributed by atoms with Gasteiger partial charge in [0.05, 0.1) is 11.0 Å². The third-order valence-corrected chi connectivity index (χ3v) is 13.5. The Morgan fingerprint density at radius 3 is 1.71 bits per heavy atom. The zero-order chi connectivity index (χ0) is 43.9. The molecule has 1 atom stereocenters. The first-order valence-corrected chi connectivity index (χ1v) is 22.9. The fourth-order valence-corrected chi connectivity index (χ4v) is 10.6. The molecule has 2 heteroatoms. The predicted octanol–water partition coefficient (Wildman–Crippen LogP) is 17.0. The molecule has 12 rings (SSSR count). The number of aromatic nitrogens is 1. The summed E-state index contributed by atoms with van der Waals surface area (Å²) in [6, 6.07) is 91.1. The molecule has 0 saturated carbocycles. The maximum Gasteiger partial charge on any atom is 0.100 e. The highest BCUT2D eigenvalue weighted by molar-refractivity contribution is 6.15. The molecule has 1 heterocycles. The van der Waals surface area contributed by atoms with Gasteiger partial charge < -0.3 is 9.47 Å². The topological polar surface area (TPSA) is 8.17 Å². The van der Waals surface area contributed by atoms with Gasteiger partial charge in [-0.2, -0.15) is 0 Å². The van der Waals surface area contributed by atoms with Crippen LogP contribution in [0.15, 0.2) is 267 Å². The van der Waals surface area contributed by atoms with Gasteiger partial charge in [-0.3, -0.25) is 0 Å². The Balaban J connectivity index is 1.08. The van der Waals surface area contributed by atoms with Crippen LogP contribution in [0, 0.1) is 0 Å². The number of fused-ring (bicyclic) bond motifs is 4. The fourth-order valence-electron chi connectivity index (χ4n) is 10.6. The van der Waals surface area contributed by atoms with Gasteiger partial charge in [0.25, 0.3) is 0 Å². The van der Waals surface area contributed by atoms with Gasteiger partial charge in [-0.05, 0) is 122 Å². The largest absolute Gasteiger partial charge is 0.327 e. The molecule has 10 aromatic carbocycles. The molecule has 1 aliphatic carbocycles. The van der Waals surface area contributed by atoms with E-state index in [-0.39, 0.29) is 0 Å². The van der Waals surface area contributed by atoms with Gasteiger partial charge in [0.2, 0.25) is 0 Å². The van der Waals surface area contributed by atoms with E-state index in [0.29, 0.717) is 0 Å². The maximum atomic E-state index is 2.62. The Morgan fingerprint density at radius 2 is 0.955 bits per heavy atom. The number of nitrogens with zero attached hydrogens (tertiary/aromatic N) is 2. The summed E-state index contributed by atoms with van der Waals surface area (Å²) in [6.07, 6.45) is 7.68. The Labute approximate surface area is 386 Å². The maximum absolute atomic E-state index is 2.62. The van der Waals surface area contributed by atoms with Gasteiger partial charge in [0.15, 0.2) is 0 Å². The summed E-state index contributed by atoms with van der Waals surface area (Å²) in [6.45, 7) is 0. The summed E-state index contributed by atoms with van der Waals surface area (Å²) in [5, 5.41) is 4.98. The van der Waals surface area contributed by atoms with Gasteiger partial charge >= 0.3 is 0 Å². The first-order valence-electron chi connectivity index (χ1n) is 22.9. The molecule has 0 aliphatic heterocycles. The van der Waals surface area contributed by atoms with Crippen LogP contribution in [-0.2, 0) is 5.54 Å². The average Bonchev–Trinajstić information content (AvgIpc) is 3.74. The van der Waals surface area contributed by atoms with Crippen LogP contribution in [0.3, 0.4) is 0 Å². The molecule has 0 radical (unpaired) electrons. The van der Waals surface area contributed by atoms with Crippen molar-refractivity contribution in [1.82, 2.24) is 4.57 Å². The third-order valence-electron chi connectivity index (χ3n) is 13.5. The van der Waals surface area contributed by atoms with Crippen molar-refractivity contribution >= 4 is 49.5 Å². The van der Waals surface area contributed by atoms with E-state index in [1.54, 1.807) is 0 Å². The Kier molecular flexibility index (Phi) is 9.84. The van der Waals surface area contributed by atoms with Crippen LogP contribution < -0.4 is 4.90 Å². The number of hydrogen-bond donors (Lipinski definition) is 0. The third kappa shape index (κ3) is 6.66. The highest BCUT2D eigenvalue weighted by atomic mass is 15.2. The number of anilines is 2. The lowest BCUT2D eigenvalue weighted by atomic mass is 9.70. The summed E-state index contributed by atoms with van der Waals surface area (Å²) in [5.74, 6) is 0. The minimum Gasteiger partial charge on any atom is -0.327 e. The molecule has 0 bridgehead atoms. The molecule has 0 N–H and O–H groups in total. The lowest BCUT2D eigenvalue weighted by Gasteiger charge is -2.49. The van der Waals surface area contributed by atoms with Gasteiger partial charge in [0, 0.05) is 27.8 Å². The second kappa shape index (κ2) is 16.6. The molecule has 66 heavy (non-hydrogen) atoms. The first kappa shape index (κ1) is 39.2. The van der Waals surface area contributed by atoms with Crippen molar-refractivity contribution in [3.63, 3.8) is 0 Å². The highest BCUT2D eigenvalue weighted by Gasteiger charge is 2.45. The monoisotopic (exact) mass is 842 g/mol. The summed E-state index contributed by atoms with van der Waals surface area (Å²) < 4.78 is 2.40. The van der Waals surface area contributed by atoms with Crippen molar-refractivity contribution in [1.29, 1.82) is 0 Å². The number of para-hydroxylation sites is 2. The van der Waals surface area contributed by atoms with E-state index in [0.717, 1.165) is 23.5 Å². The highest BCUT2D eigenvalue weighted by Crippen LogP contribution is 2.54. The van der Waals surface area contributed by atoms with E-state index in [9.17, 15) is 0 Å². The molecular weight excluding hydrogens is 797 g/mol. The van der Waals surface area contributed by atoms with E-state index in [1.165, 1.54) is 82.7 Å². The smallest absolute Gasteiger partial charge is 0.100 e. The average molecular weight is 843 g/mol. The van der Waals surface area contributed by atoms with Crippen LogP contribution in [0.25, 0.3) is 77.2 Å². The van der Waals surface area contributed by atoms with E-state index in [1.807, 2.05) is 0 Å². The molecule has 0 spiro atoms. The van der Waals surface area contributed by atoms with Crippen molar-refractivity contribution in [2.45, 2.75) is 12.0 Å². The molecule has 312 valence electrons. The zero-order valence-corrected chi connectivity index (χ0v) is 36.5. The molecule has 0 fully saturated rings. The first-order chi connectivity index (χ1) is 32.7. The lowest BCUT2D eigenvalue weighted by Crippen LogP contribution is -2.45. The summed E-state index contributed by atoms with van der Waals surface area (Å²) >= 11 is 0. The molecule has 1 aliphatic rings. The molecular formula is C64H46N2. The molecule has 0 saturated heterocycles. The van der Waals surface area contributed by atoms with Crippen LogP contribution in [0.4, 0.5) is 11.4 Å². The molecule has 2 nitrogen and oxygen atoms in total. The van der Waals surface area contributed by atoms with Crippen molar-refractivity contribution in [3.05, 3.63) is 278 Å². The quantitative estimate of drug-likeness (QED) is 0.141. The van der Waals surface area contributed by atoms with Crippen molar-refractivity contribution < 1.29 is 0 Å². The van der Waals surface area contributed by atoms with E-state index < -0.39 is 5.54 Å². The second-order valence-corrected chi connectivity index (χ2v) is 17.2. The number of rotatable bonds is 9. The standard InChI is InChI=1S/C64H46N2/c1-4-20-48(21-5-1)56-27-12-14-31-60(56)64(44-17-16-30-59(64)50-22-6-2-7-23-50)66(54-40-36-47(37-41-54)52-35-34-46-19-10-11-24-51(46)45-52)55-42-38-49(39-43-55)57-29-18-33-62-63(57)58-28-13-15-32-61(58)65(62)53-25-8-3-9-26-53/h1-43,45H,44H2. The van der Waals surface area contributed by atoms with Crippen LogP contribution in [0.5, 0.6) is 0 Å². The van der Waals surface area contributed by atoms with Gasteiger partial charge in [0.1, 0.15) is 5.54 Å². The molecule has 11 aromatic rings. The summed E-state index contributed by atoms with van der Waals surface area (Å²) in [5.41, 5.74) is 16.0. The molecule has 1 aromatic heterocycles. The van der Waals surface area contributed by atoms with Crippen molar-refractivity contribution in [3.8, 4) is 39.1 Å². The minimum atomic E-state index is -0.655. The number of benzene rings is 10. The summed E-state index contributed by atoms with van der Waals surface area (Å²) in [4.78, 5) is 2.62. The number of allylic oxidation sites excluding steroid dienone is 2. The van der Waals surface area contributed by atoms with E-state index in [2.05, 4.69) is 276 Å². The Bertz CT molecular complexity index is 3580. The van der Waals surface area contributed by atoms with Gasteiger partial charge in [-0.25, -0.2) is 0 Å². The van der Waals surface area contributed by atoms with Crippen molar-refractivity contribution in [2.24, 2.45) is 0 Å². The van der Waals surface area contributed by atoms with E-state index in [4.69, 9.17) is 0 Å². The number of hydrogen-bond acceptors (Lipinski definition) is 1. The minimum absolute atomic E-state index is 0.655. The SMILES string of the molecule is C1=CCC(c2ccccc2-c2ccccc2)(N(c2ccc(-c3ccc4ccccc4c3)cc2)c2ccc(-c3cccc4c3c3ccccc3n4-c3ccccc3)cc2)C(c2ccccc2)=C1. The van der Waals surface area contributed by atoms with Crippen LogP contribution in [-0.4, -0.2) is 4.57 Å². The zero-order valence-electron chi connectivity index (χ0n) is 36.5. The Hall–Kier alpha value is -8.46. The van der Waals surface area contributed by atoms with Crippen LogP contribution in [0.2, 0.25) is 0 Å². The lowest BCUT2D eigenvalue weighted by molar-refractivity contribution is 0.568. The van der Waals surface area contributed by atoms with E-state index >= 15 is 0 Å². The normalized spacial score (nSPS) is 14.7. The molecule has 1 unspecified atom stereocenters. The van der Waals surface area contributed by atoms with Crippen LogP contribution in [0.1, 0.15) is 17.5 Å². The van der Waals surface area contributed by atoms with Crippen LogP contribution >= 0.6 is 0 Å². The second-order valence-electron chi connectivity index (χ2n) is 17.2. The van der Waals surface area contributed by atoms with Crippen molar-refractivity contribution in [2.75, 3.05) is 4.90 Å².